The molecule has 4 rings (SSSR count). The van der Waals surface area contributed by atoms with E-state index in [-0.39, 0.29) is 0 Å². The van der Waals surface area contributed by atoms with Gasteiger partial charge < -0.3 is 5.32 Å². The molecule has 1 heteroatoms. The molecule has 3 aliphatic rings. The predicted molar refractivity (Wildman–Crippen MR) is 83.8 cm³/mol. The lowest BCUT2D eigenvalue weighted by Crippen LogP contribution is -2.41. The van der Waals surface area contributed by atoms with Crippen molar-refractivity contribution in [2.45, 2.75) is 57.9 Å². The molecule has 0 heterocycles. The van der Waals surface area contributed by atoms with Crippen molar-refractivity contribution >= 4 is 0 Å². The molecule has 0 aromatic heterocycles. The predicted octanol–water partition coefficient (Wildman–Crippen LogP) is 4.10. The van der Waals surface area contributed by atoms with Gasteiger partial charge in [0.05, 0.1) is 0 Å². The van der Waals surface area contributed by atoms with Crippen molar-refractivity contribution in [2.75, 3.05) is 6.54 Å². The smallest absolute Gasteiger partial charge is 0.00684 e. The number of hydrogen-bond donors (Lipinski definition) is 1. The van der Waals surface area contributed by atoms with Gasteiger partial charge in [-0.25, -0.2) is 0 Å². The fraction of sp³-hybridized carbons (Fsp3) is 0.684. The molecule has 1 N–H and O–H groups in total. The van der Waals surface area contributed by atoms with Gasteiger partial charge in [0.1, 0.15) is 0 Å². The Morgan fingerprint density at radius 1 is 1.10 bits per heavy atom. The summed E-state index contributed by atoms with van der Waals surface area (Å²) in [6.45, 7) is 3.46. The van der Waals surface area contributed by atoms with E-state index < -0.39 is 0 Å². The fourth-order valence-electron chi connectivity index (χ4n) is 4.80. The molecule has 2 bridgehead atoms. The molecular formula is C19H27N. The van der Waals surface area contributed by atoms with Crippen LogP contribution in [0.5, 0.6) is 0 Å². The minimum atomic E-state index is 0.570. The standard InChI is InChI=1S/C19H27N/c1-14-2-4-15(5-3-14)11-19(13-20-18-8-9-18)12-16-6-7-17(19)10-16/h2-5,16-18,20H,6-13H2,1H3. The van der Waals surface area contributed by atoms with Crippen LogP contribution in [-0.4, -0.2) is 12.6 Å². The lowest BCUT2D eigenvalue weighted by atomic mass is 9.69. The average molecular weight is 269 g/mol. The van der Waals surface area contributed by atoms with E-state index in [2.05, 4.69) is 36.5 Å². The van der Waals surface area contributed by atoms with Crippen molar-refractivity contribution in [2.24, 2.45) is 17.3 Å². The molecular weight excluding hydrogens is 242 g/mol. The molecule has 3 fully saturated rings. The van der Waals surface area contributed by atoms with Gasteiger partial charge in [-0.05, 0) is 68.3 Å². The lowest BCUT2D eigenvalue weighted by molar-refractivity contribution is 0.155. The fourth-order valence-corrected chi connectivity index (χ4v) is 4.80. The molecule has 0 radical (unpaired) electrons. The van der Waals surface area contributed by atoms with Gasteiger partial charge >= 0.3 is 0 Å². The second kappa shape index (κ2) is 4.87. The third-order valence-electron chi connectivity index (χ3n) is 6.10. The molecule has 3 atom stereocenters. The molecule has 3 aliphatic carbocycles. The number of benzene rings is 1. The van der Waals surface area contributed by atoms with Crippen molar-refractivity contribution in [3.8, 4) is 0 Å². The van der Waals surface area contributed by atoms with Crippen LogP contribution >= 0.6 is 0 Å². The Bertz CT molecular complexity index is 473. The summed E-state index contributed by atoms with van der Waals surface area (Å²) >= 11 is 0. The first kappa shape index (κ1) is 12.9. The molecule has 0 saturated heterocycles. The highest BCUT2D eigenvalue weighted by atomic mass is 15.0. The van der Waals surface area contributed by atoms with Crippen molar-refractivity contribution in [1.82, 2.24) is 5.32 Å². The minimum absolute atomic E-state index is 0.570. The molecule has 1 aromatic rings. The van der Waals surface area contributed by atoms with Crippen molar-refractivity contribution in [3.63, 3.8) is 0 Å². The Labute approximate surface area is 123 Å². The van der Waals surface area contributed by atoms with Gasteiger partial charge in [0.2, 0.25) is 0 Å². The van der Waals surface area contributed by atoms with Crippen molar-refractivity contribution in [1.29, 1.82) is 0 Å². The Hall–Kier alpha value is -0.820. The van der Waals surface area contributed by atoms with Gasteiger partial charge in [-0.1, -0.05) is 36.2 Å². The van der Waals surface area contributed by atoms with E-state index in [9.17, 15) is 0 Å². The summed E-state index contributed by atoms with van der Waals surface area (Å²) in [5, 5.41) is 3.86. The summed E-state index contributed by atoms with van der Waals surface area (Å²) in [6, 6.07) is 10.1. The molecule has 1 aromatic carbocycles. The monoisotopic (exact) mass is 269 g/mol. The Morgan fingerprint density at radius 2 is 1.90 bits per heavy atom. The van der Waals surface area contributed by atoms with Crippen LogP contribution in [0.4, 0.5) is 0 Å². The van der Waals surface area contributed by atoms with Gasteiger partial charge in [-0.2, -0.15) is 0 Å². The highest BCUT2D eigenvalue weighted by Gasteiger charge is 2.50. The Kier molecular flexibility index (Phi) is 3.14. The summed E-state index contributed by atoms with van der Waals surface area (Å²) in [7, 11) is 0. The van der Waals surface area contributed by atoms with Crippen LogP contribution in [0.3, 0.4) is 0 Å². The van der Waals surface area contributed by atoms with Gasteiger partial charge in [-0.15, -0.1) is 0 Å². The van der Waals surface area contributed by atoms with Crippen LogP contribution in [0.1, 0.15) is 49.7 Å². The number of fused-ring (bicyclic) bond motifs is 2. The first-order valence-electron chi connectivity index (χ1n) is 8.52. The molecule has 0 aliphatic heterocycles. The maximum absolute atomic E-state index is 3.86. The molecule has 20 heavy (non-hydrogen) atoms. The summed E-state index contributed by atoms with van der Waals surface area (Å²) in [4.78, 5) is 0. The molecule has 0 amide bonds. The Balaban J connectivity index is 1.53. The van der Waals surface area contributed by atoms with E-state index in [0.717, 1.165) is 17.9 Å². The summed E-state index contributed by atoms with van der Waals surface area (Å²) in [6.07, 6.45) is 10.1. The zero-order valence-electron chi connectivity index (χ0n) is 12.7. The van der Waals surface area contributed by atoms with Crippen LogP contribution in [0.2, 0.25) is 0 Å². The molecule has 1 nitrogen and oxygen atoms in total. The number of nitrogens with one attached hydrogen (secondary N) is 1. The average Bonchev–Trinajstić information content (AvgIpc) is 3.08. The second-order valence-corrected chi connectivity index (χ2v) is 7.76. The van der Waals surface area contributed by atoms with Crippen LogP contribution in [-0.2, 0) is 6.42 Å². The normalized spacial score (nSPS) is 35.6. The third-order valence-corrected chi connectivity index (χ3v) is 6.10. The van der Waals surface area contributed by atoms with E-state index >= 15 is 0 Å². The molecule has 3 saturated carbocycles. The molecule has 0 spiro atoms. The lowest BCUT2D eigenvalue weighted by Gasteiger charge is -2.38. The molecule has 108 valence electrons. The maximum atomic E-state index is 3.86. The number of aryl methyl sites for hydroxylation is 1. The van der Waals surface area contributed by atoms with Crippen LogP contribution in [0, 0.1) is 24.2 Å². The number of rotatable bonds is 5. The van der Waals surface area contributed by atoms with Crippen molar-refractivity contribution < 1.29 is 0 Å². The zero-order valence-corrected chi connectivity index (χ0v) is 12.7. The van der Waals surface area contributed by atoms with E-state index in [1.54, 1.807) is 5.56 Å². The van der Waals surface area contributed by atoms with E-state index in [4.69, 9.17) is 0 Å². The Morgan fingerprint density at radius 3 is 2.50 bits per heavy atom. The largest absolute Gasteiger partial charge is 0.313 e. The topological polar surface area (TPSA) is 12.0 Å². The summed E-state index contributed by atoms with van der Waals surface area (Å²) in [5.74, 6) is 2.02. The molecule has 3 unspecified atom stereocenters. The van der Waals surface area contributed by atoms with Gasteiger partial charge in [0.25, 0.3) is 0 Å². The summed E-state index contributed by atoms with van der Waals surface area (Å²) in [5.41, 5.74) is 3.51. The third kappa shape index (κ3) is 2.41. The van der Waals surface area contributed by atoms with Gasteiger partial charge in [0, 0.05) is 12.6 Å². The summed E-state index contributed by atoms with van der Waals surface area (Å²) < 4.78 is 0. The van der Waals surface area contributed by atoms with Crippen LogP contribution in [0.25, 0.3) is 0 Å². The van der Waals surface area contributed by atoms with E-state index in [1.165, 1.54) is 57.1 Å². The first-order chi connectivity index (χ1) is 9.73. The van der Waals surface area contributed by atoms with E-state index in [1.807, 2.05) is 0 Å². The van der Waals surface area contributed by atoms with Gasteiger partial charge in [0.15, 0.2) is 0 Å². The highest BCUT2D eigenvalue weighted by molar-refractivity contribution is 5.23. The first-order valence-corrected chi connectivity index (χ1v) is 8.52. The van der Waals surface area contributed by atoms with E-state index in [0.29, 0.717) is 5.41 Å². The second-order valence-electron chi connectivity index (χ2n) is 7.76. The van der Waals surface area contributed by atoms with Crippen LogP contribution < -0.4 is 5.32 Å². The van der Waals surface area contributed by atoms with Crippen molar-refractivity contribution in [3.05, 3.63) is 35.4 Å². The highest BCUT2D eigenvalue weighted by Crippen LogP contribution is 2.57. The number of hydrogen-bond acceptors (Lipinski definition) is 1. The quantitative estimate of drug-likeness (QED) is 0.848. The minimum Gasteiger partial charge on any atom is -0.313 e. The van der Waals surface area contributed by atoms with Crippen LogP contribution in [0.15, 0.2) is 24.3 Å². The maximum Gasteiger partial charge on any atom is 0.00684 e. The zero-order chi connectivity index (χ0) is 13.6. The van der Waals surface area contributed by atoms with Gasteiger partial charge in [-0.3, -0.25) is 0 Å². The SMILES string of the molecule is Cc1ccc(CC2(CNC3CC3)CC3CCC2C3)cc1.